The molecule has 0 aromatic rings. The number of amides is 2. The van der Waals surface area contributed by atoms with Crippen molar-refractivity contribution >= 4 is 17.8 Å². The fourth-order valence-electron chi connectivity index (χ4n) is 2.28. The van der Waals surface area contributed by atoms with E-state index in [1.165, 1.54) is 6.92 Å². The lowest BCUT2D eigenvalue weighted by molar-refractivity contribution is -0.145. The van der Waals surface area contributed by atoms with E-state index in [0.717, 1.165) is 0 Å². The standard InChI is InChI=1S/C12H18N2O5/c1-7(15)13-5-8-6-14(2-3-19-8)11(16)9-4-10(9)12(17)18/h8-10H,2-6H2,1H3,(H,13,15)(H,17,18). The third kappa shape index (κ3) is 3.44. The zero-order chi connectivity index (χ0) is 14.0. The molecule has 1 saturated heterocycles. The minimum Gasteiger partial charge on any atom is -0.481 e. The highest BCUT2D eigenvalue weighted by Gasteiger charge is 2.50. The maximum absolute atomic E-state index is 12.1. The third-order valence-corrected chi connectivity index (χ3v) is 3.45. The Hall–Kier alpha value is -1.63. The Morgan fingerprint density at radius 1 is 1.37 bits per heavy atom. The van der Waals surface area contributed by atoms with Crippen molar-refractivity contribution in [1.82, 2.24) is 10.2 Å². The molecule has 0 aromatic heterocycles. The van der Waals surface area contributed by atoms with Gasteiger partial charge in [0.2, 0.25) is 11.8 Å². The van der Waals surface area contributed by atoms with Crippen molar-refractivity contribution in [2.75, 3.05) is 26.2 Å². The molecule has 2 rings (SSSR count). The Morgan fingerprint density at radius 2 is 2.11 bits per heavy atom. The van der Waals surface area contributed by atoms with Gasteiger partial charge in [-0.05, 0) is 6.42 Å². The molecule has 1 aliphatic heterocycles. The Kier molecular flexibility index (Phi) is 4.04. The van der Waals surface area contributed by atoms with Crippen molar-refractivity contribution in [1.29, 1.82) is 0 Å². The van der Waals surface area contributed by atoms with Crippen molar-refractivity contribution in [2.45, 2.75) is 19.4 Å². The summed E-state index contributed by atoms with van der Waals surface area (Å²) in [5.41, 5.74) is 0. The van der Waals surface area contributed by atoms with Crippen LogP contribution in [0.1, 0.15) is 13.3 Å². The fraction of sp³-hybridized carbons (Fsp3) is 0.750. The molecular weight excluding hydrogens is 252 g/mol. The number of nitrogens with one attached hydrogen (secondary N) is 1. The molecule has 2 aliphatic rings. The van der Waals surface area contributed by atoms with Crippen LogP contribution in [0.2, 0.25) is 0 Å². The van der Waals surface area contributed by atoms with Gasteiger partial charge in [0, 0.05) is 26.6 Å². The molecule has 106 valence electrons. The summed E-state index contributed by atoms with van der Waals surface area (Å²) < 4.78 is 5.46. The van der Waals surface area contributed by atoms with Gasteiger partial charge >= 0.3 is 5.97 Å². The number of rotatable bonds is 4. The van der Waals surface area contributed by atoms with Gasteiger partial charge in [-0.1, -0.05) is 0 Å². The summed E-state index contributed by atoms with van der Waals surface area (Å²) in [4.78, 5) is 35.3. The van der Waals surface area contributed by atoms with Crippen molar-refractivity contribution in [2.24, 2.45) is 11.8 Å². The SMILES string of the molecule is CC(=O)NCC1CN(C(=O)C2CC2C(=O)O)CCO1. The smallest absolute Gasteiger partial charge is 0.307 e. The molecule has 2 N–H and O–H groups in total. The highest BCUT2D eigenvalue weighted by atomic mass is 16.5. The fourth-order valence-corrected chi connectivity index (χ4v) is 2.28. The number of aliphatic carboxylic acids is 1. The molecule has 0 bridgehead atoms. The average Bonchev–Trinajstić information content (AvgIpc) is 3.16. The highest BCUT2D eigenvalue weighted by molar-refractivity contribution is 5.89. The summed E-state index contributed by atoms with van der Waals surface area (Å²) in [7, 11) is 0. The lowest BCUT2D eigenvalue weighted by Gasteiger charge is -2.33. The minimum atomic E-state index is -0.901. The van der Waals surface area contributed by atoms with Crippen LogP contribution in [-0.2, 0) is 19.1 Å². The molecule has 7 nitrogen and oxygen atoms in total. The van der Waals surface area contributed by atoms with Crippen molar-refractivity contribution in [3.8, 4) is 0 Å². The zero-order valence-corrected chi connectivity index (χ0v) is 10.8. The normalized spacial score (nSPS) is 29.7. The van der Waals surface area contributed by atoms with E-state index in [2.05, 4.69) is 5.32 Å². The van der Waals surface area contributed by atoms with Crippen LogP contribution in [0, 0.1) is 11.8 Å². The van der Waals surface area contributed by atoms with E-state index in [9.17, 15) is 14.4 Å². The lowest BCUT2D eigenvalue weighted by atomic mass is 10.2. The predicted molar refractivity (Wildman–Crippen MR) is 64.2 cm³/mol. The Bertz CT molecular complexity index is 398. The average molecular weight is 270 g/mol. The summed E-state index contributed by atoms with van der Waals surface area (Å²) in [6.45, 7) is 3.10. The van der Waals surface area contributed by atoms with Crippen LogP contribution in [-0.4, -0.2) is 60.1 Å². The molecule has 2 amide bonds. The first-order chi connectivity index (χ1) is 8.99. The molecule has 3 atom stereocenters. The van der Waals surface area contributed by atoms with Crippen molar-refractivity contribution < 1.29 is 24.2 Å². The number of carbonyl (C=O) groups is 3. The summed E-state index contributed by atoms with van der Waals surface area (Å²) in [6.07, 6.45) is 0.214. The van der Waals surface area contributed by atoms with E-state index < -0.39 is 11.9 Å². The van der Waals surface area contributed by atoms with Crippen LogP contribution < -0.4 is 5.32 Å². The van der Waals surface area contributed by atoms with Gasteiger partial charge in [0.15, 0.2) is 0 Å². The maximum atomic E-state index is 12.1. The molecule has 0 aromatic carbocycles. The summed E-state index contributed by atoms with van der Waals surface area (Å²) in [6, 6.07) is 0. The third-order valence-electron chi connectivity index (χ3n) is 3.45. The van der Waals surface area contributed by atoms with Gasteiger partial charge in [-0.3, -0.25) is 14.4 Å². The Balaban J connectivity index is 1.82. The molecular formula is C12H18N2O5. The van der Waals surface area contributed by atoms with Gasteiger partial charge in [0.1, 0.15) is 0 Å². The number of nitrogens with zero attached hydrogens (tertiary/aromatic N) is 1. The summed E-state index contributed by atoms with van der Waals surface area (Å²) in [5.74, 6) is -2.05. The van der Waals surface area contributed by atoms with E-state index in [-0.39, 0.29) is 23.8 Å². The molecule has 3 unspecified atom stereocenters. The van der Waals surface area contributed by atoms with E-state index in [1.54, 1.807) is 4.90 Å². The van der Waals surface area contributed by atoms with E-state index in [0.29, 0.717) is 32.7 Å². The number of morpholine rings is 1. The van der Waals surface area contributed by atoms with Crippen LogP contribution in [0.25, 0.3) is 0 Å². The van der Waals surface area contributed by atoms with Gasteiger partial charge in [-0.15, -0.1) is 0 Å². The van der Waals surface area contributed by atoms with Gasteiger partial charge in [0.25, 0.3) is 0 Å². The Morgan fingerprint density at radius 3 is 2.68 bits per heavy atom. The zero-order valence-electron chi connectivity index (χ0n) is 10.8. The quantitative estimate of drug-likeness (QED) is 0.688. The van der Waals surface area contributed by atoms with Crippen LogP contribution in [0.3, 0.4) is 0 Å². The van der Waals surface area contributed by atoms with Crippen LogP contribution >= 0.6 is 0 Å². The van der Waals surface area contributed by atoms with E-state index >= 15 is 0 Å². The van der Waals surface area contributed by atoms with Crippen LogP contribution in [0.5, 0.6) is 0 Å². The monoisotopic (exact) mass is 270 g/mol. The number of carboxylic acid groups (broad SMARTS) is 1. The van der Waals surface area contributed by atoms with E-state index in [1.807, 2.05) is 0 Å². The second-order valence-corrected chi connectivity index (χ2v) is 5.00. The molecule has 0 spiro atoms. The van der Waals surface area contributed by atoms with Crippen LogP contribution in [0.4, 0.5) is 0 Å². The van der Waals surface area contributed by atoms with Gasteiger partial charge in [0.05, 0.1) is 24.5 Å². The van der Waals surface area contributed by atoms with Crippen molar-refractivity contribution in [3.63, 3.8) is 0 Å². The molecule has 7 heteroatoms. The van der Waals surface area contributed by atoms with Crippen molar-refractivity contribution in [3.05, 3.63) is 0 Å². The first kappa shape index (κ1) is 13.8. The van der Waals surface area contributed by atoms with Gasteiger partial charge < -0.3 is 20.1 Å². The molecule has 0 radical (unpaired) electrons. The maximum Gasteiger partial charge on any atom is 0.307 e. The topological polar surface area (TPSA) is 95.9 Å². The number of carbonyl (C=O) groups excluding carboxylic acids is 2. The molecule has 1 aliphatic carbocycles. The minimum absolute atomic E-state index is 0.108. The number of carboxylic acids is 1. The number of hydrogen-bond acceptors (Lipinski definition) is 4. The van der Waals surface area contributed by atoms with Crippen LogP contribution in [0.15, 0.2) is 0 Å². The molecule has 19 heavy (non-hydrogen) atoms. The second-order valence-electron chi connectivity index (χ2n) is 5.00. The molecule has 1 heterocycles. The second kappa shape index (κ2) is 5.56. The largest absolute Gasteiger partial charge is 0.481 e. The predicted octanol–water partition coefficient (Wildman–Crippen LogP) is -0.929. The summed E-state index contributed by atoms with van der Waals surface area (Å²) in [5, 5.41) is 11.5. The summed E-state index contributed by atoms with van der Waals surface area (Å²) >= 11 is 0. The molecule has 2 fully saturated rings. The lowest BCUT2D eigenvalue weighted by Crippen LogP contribution is -2.50. The number of hydrogen-bond donors (Lipinski definition) is 2. The first-order valence-corrected chi connectivity index (χ1v) is 6.36. The van der Waals surface area contributed by atoms with E-state index in [4.69, 9.17) is 9.84 Å². The number of ether oxygens (including phenoxy) is 1. The van der Waals surface area contributed by atoms with Gasteiger partial charge in [-0.2, -0.15) is 0 Å². The highest BCUT2D eigenvalue weighted by Crippen LogP contribution is 2.40. The Labute approximate surface area is 110 Å². The first-order valence-electron chi connectivity index (χ1n) is 6.36. The molecule has 1 saturated carbocycles. The van der Waals surface area contributed by atoms with Gasteiger partial charge in [-0.25, -0.2) is 0 Å².